The first-order valence-corrected chi connectivity index (χ1v) is 9.90. The normalized spacial score (nSPS) is 10.9. The van der Waals surface area contributed by atoms with Crippen molar-refractivity contribution in [3.05, 3.63) is 95.5 Å². The van der Waals surface area contributed by atoms with Crippen LogP contribution >= 0.6 is 11.6 Å². The van der Waals surface area contributed by atoms with E-state index >= 15 is 0 Å². The van der Waals surface area contributed by atoms with Crippen LogP contribution in [0.3, 0.4) is 0 Å². The maximum absolute atomic E-state index is 12.2. The highest BCUT2D eigenvalue weighted by atomic mass is 35.5. The Morgan fingerprint density at radius 1 is 1.03 bits per heavy atom. The number of aromatic nitrogens is 4. The van der Waals surface area contributed by atoms with Crippen molar-refractivity contribution in [2.45, 2.75) is 6.92 Å². The minimum Gasteiger partial charge on any atom is -0.340 e. The lowest BCUT2D eigenvalue weighted by molar-refractivity contribution is -0.111. The lowest BCUT2D eigenvalue weighted by Gasteiger charge is -2.09. The van der Waals surface area contributed by atoms with Gasteiger partial charge in [0, 0.05) is 40.9 Å². The molecular weight excluding hydrogens is 412 g/mol. The lowest BCUT2D eigenvalue weighted by atomic mass is 10.2. The third kappa shape index (κ3) is 5.55. The Balaban J connectivity index is 1.39. The summed E-state index contributed by atoms with van der Waals surface area (Å²) >= 11 is 5.86. The molecule has 2 N–H and O–H groups in total. The summed E-state index contributed by atoms with van der Waals surface area (Å²) in [5.41, 5.74) is 2.42. The van der Waals surface area contributed by atoms with E-state index < -0.39 is 0 Å². The number of benzene rings is 2. The highest BCUT2D eigenvalue weighted by Gasteiger charge is 2.05. The van der Waals surface area contributed by atoms with Gasteiger partial charge in [-0.2, -0.15) is 5.10 Å². The van der Waals surface area contributed by atoms with E-state index in [2.05, 4.69) is 25.7 Å². The Morgan fingerprint density at radius 3 is 2.48 bits per heavy atom. The van der Waals surface area contributed by atoms with Gasteiger partial charge in [0.15, 0.2) is 5.82 Å². The summed E-state index contributed by atoms with van der Waals surface area (Å²) in [6.45, 7) is 1.83. The second kappa shape index (κ2) is 9.23. The smallest absolute Gasteiger partial charge is 0.248 e. The molecule has 2 aromatic carbocycles. The Bertz CT molecular complexity index is 1200. The van der Waals surface area contributed by atoms with E-state index in [1.165, 1.54) is 6.08 Å². The van der Waals surface area contributed by atoms with E-state index in [0.717, 1.165) is 11.3 Å². The molecule has 2 heterocycles. The average Bonchev–Trinajstić information content (AvgIpc) is 3.29. The Hall–Kier alpha value is -3.97. The highest BCUT2D eigenvalue weighted by molar-refractivity contribution is 6.30. The molecule has 0 aliphatic rings. The number of hydrogen-bond acceptors (Lipinski definition) is 5. The summed E-state index contributed by atoms with van der Waals surface area (Å²) in [6, 6.07) is 18.3. The van der Waals surface area contributed by atoms with Gasteiger partial charge >= 0.3 is 0 Å². The van der Waals surface area contributed by atoms with Gasteiger partial charge in [-0.05, 0) is 61.0 Å². The summed E-state index contributed by atoms with van der Waals surface area (Å²) in [4.78, 5) is 21.0. The number of nitrogens with zero attached hydrogens (tertiary/aromatic N) is 4. The molecule has 0 aliphatic carbocycles. The van der Waals surface area contributed by atoms with E-state index in [0.29, 0.717) is 28.2 Å². The molecule has 0 saturated heterocycles. The summed E-state index contributed by atoms with van der Waals surface area (Å²) in [6.07, 6.45) is 6.73. The Labute approximate surface area is 184 Å². The van der Waals surface area contributed by atoms with Crippen LogP contribution in [0.4, 0.5) is 17.2 Å². The number of hydrogen-bond donors (Lipinski definition) is 2. The molecule has 0 bridgehead atoms. The van der Waals surface area contributed by atoms with E-state index in [9.17, 15) is 4.79 Å². The molecule has 0 atom stereocenters. The number of rotatable bonds is 6. The maximum Gasteiger partial charge on any atom is 0.248 e. The van der Waals surface area contributed by atoms with Crippen LogP contribution in [0.25, 0.3) is 11.9 Å². The van der Waals surface area contributed by atoms with E-state index in [-0.39, 0.29) is 5.91 Å². The van der Waals surface area contributed by atoms with Crippen molar-refractivity contribution < 1.29 is 4.79 Å². The van der Waals surface area contributed by atoms with Gasteiger partial charge in [-0.3, -0.25) is 4.79 Å². The fourth-order valence-electron chi connectivity index (χ4n) is 2.85. The molecule has 2 aromatic heterocycles. The van der Waals surface area contributed by atoms with Gasteiger partial charge in [-0.15, -0.1) is 0 Å². The fraction of sp³-hybridized carbons (Fsp3) is 0.0435. The van der Waals surface area contributed by atoms with Crippen LogP contribution < -0.4 is 10.6 Å². The topological polar surface area (TPSA) is 84.7 Å². The molecule has 0 aliphatic heterocycles. The van der Waals surface area contributed by atoms with Gasteiger partial charge in [-0.1, -0.05) is 23.7 Å². The summed E-state index contributed by atoms with van der Waals surface area (Å²) < 4.78 is 1.68. The lowest BCUT2D eigenvalue weighted by Crippen LogP contribution is -2.07. The number of carbonyl (C=O) groups excluding carboxylic acids is 1. The van der Waals surface area contributed by atoms with Gasteiger partial charge in [0.2, 0.25) is 5.91 Å². The van der Waals surface area contributed by atoms with Crippen molar-refractivity contribution in [1.29, 1.82) is 0 Å². The van der Waals surface area contributed by atoms with Gasteiger partial charge < -0.3 is 10.6 Å². The second-order valence-corrected chi connectivity index (χ2v) is 7.12. The van der Waals surface area contributed by atoms with Crippen LogP contribution in [0.1, 0.15) is 11.4 Å². The van der Waals surface area contributed by atoms with Crippen LogP contribution in [0.5, 0.6) is 0 Å². The third-order valence-corrected chi connectivity index (χ3v) is 4.54. The van der Waals surface area contributed by atoms with Crippen molar-refractivity contribution in [2.75, 3.05) is 10.6 Å². The summed E-state index contributed by atoms with van der Waals surface area (Å²) in [5, 5.41) is 10.9. The van der Waals surface area contributed by atoms with E-state index in [1.807, 2.05) is 61.7 Å². The minimum atomic E-state index is -0.217. The zero-order valence-electron chi connectivity index (χ0n) is 16.7. The van der Waals surface area contributed by atoms with Gasteiger partial charge in [0.1, 0.15) is 11.6 Å². The number of anilines is 3. The molecule has 0 spiro atoms. The molecule has 4 rings (SSSR count). The number of halogens is 1. The predicted octanol–water partition coefficient (Wildman–Crippen LogP) is 5.02. The number of carbonyl (C=O) groups is 1. The van der Waals surface area contributed by atoms with Crippen LogP contribution in [0, 0.1) is 6.92 Å². The first-order valence-electron chi connectivity index (χ1n) is 9.52. The first-order chi connectivity index (χ1) is 15.0. The van der Waals surface area contributed by atoms with Crippen LogP contribution in [0.15, 0.2) is 79.1 Å². The minimum absolute atomic E-state index is 0.217. The fourth-order valence-corrected chi connectivity index (χ4v) is 2.98. The quantitative estimate of drug-likeness (QED) is 0.419. The molecule has 8 heteroatoms. The van der Waals surface area contributed by atoms with Crippen molar-refractivity contribution in [1.82, 2.24) is 19.7 Å². The monoisotopic (exact) mass is 430 g/mol. The maximum atomic E-state index is 12.2. The molecular formula is C23H19ClN6O. The third-order valence-electron chi connectivity index (χ3n) is 4.29. The highest BCUT2D eigenvalue weighted by Crippen LogP contribution is 2.19. The van der Waals surface area contributed by atoms with Crippen LogP contribution in [0.2, 0.25) is 5.02 Å². The molecule has 154 valence electrons. The Morgan fingerprint density at radius 2 is 1.77 bits per heavy atom. The van der Waals surface area contributed by atoms with Crippen molar-refractivity contribution >= 4 is 40.8 Å². The number of amides is 1. The van der Waals surface area contributed by atoms with Crippen LogP contribution in [-0.2, 0) is 4.79 Å². The SMILES string of the molecule is Cc1nc(Nc2ccc(NC(=O)/C=C/c3ccc(Cl)cc3)cc2)cc(-n2cccn2)n1. The standard InChI is InChI=1S/C23H19ClN6O/c1-16-26-21(15-22(27-16)30-14-2-13-25-30)28-19-8-10-20(11-9-19)29-23(31)12-5-17-3-6-18(24)7-4-17/h2-15H,1H3,(H,29,31)(H,26,27,28)/b12-5+. The predicted molar refractivity (Wildman–Crippen MR) is 123 cm³/mol. The van der Waals surface area contributed by atoms with Crippen molar-refractivity contribution in [3.8, 4) is 5.82 Å². The molecule has 0 saturated carbocycles. The first kappa shape index (κ1) is 20.3. The molecule has 0 radical (unpaired) electrons. The van der Waals surface area contributed by atoms with E-state index in [4.69, 9.17) is 11.6 Å². The molecule has 7 nitrogen and oxygen atoms in total. The van der Waals surface area contributed by atoms with Crippen molar-refractivity contribution in [3.63, 3.8) is 0 Å². The zero-order chi connectivity index (χ0) is 21.6. The van der Waals surface area contributed by atoms with Gasteiger partial charge in [0.05, 0.1) is 0 Å². The van der Waals surface area contributed by atoms with Gasteiger partial charge in [0.25, 0.3) is 0 Å². The zero-order valence-corrected chi connectivity index (χ0v) is 17.4. The van der Waals surface area contributed by atoms with Gasteiger partial charge in [-0.25, -0.2) is 14.6 Å². The number of aryl methyl sites for hydroxylation is 1. The molecule has 31 heavy (non-hydrogen) atoms. The second-order valence-electron chi connectivity index (χ2n) is 6.69. The molecule has 0 fully saturated rings. The van der Waals surface area contributed by atoms with E-state index in [1.54, 1.807) is 29.1 Å². The summed E-state index contributed by atoms with van der Waals surface area (Å²) in [7, 11) is 0. The molecule has 4 aromatic rings. The number of nitrogens with one attached hydrogen (secondary N) is 2. The Kier molecular flexibility index (Phi) is 6.05. The summed E-state index contributed by atoms with van der Waals surface area (Å²) in [5.74, 6) is 1.75. The largest absolute Gasteiger partial charge is 0.340 e. The van der Waals surface area contributed by atoms with Crippen LogP contribution in [-0.4, -0.2) is 25.7 Å². The molecule has 0 unspecified atom stereocenters. The average molecular weight is 431 g/mol. The van der Waals surface area contributed by atoms with Crippen molar-refractivity contribution in [2.24, 2.45) is 0 Å². The molecule has 1 amide bonds.